The van der Waals surface area contributed by atoms with Gasteiger partial charge in [-0.1, -0.05) is 41.4 Å². The van der Waals surface area contributed by atoms with E-state index < -0.39 is 0 Å². The van der Waals surface area contributed by atoms with E-state index in [1.165, 1.54) is 4.90 Å². The highest BCUT2D eigenvalue weighted by molar-refractivity contribution is 7.99. The Kier molecular flexibility index (Phi) is 5.59. The molecule has 0 saturated carbocycles. The number of halogens is 2. The highest BCUT2D eigenvalue weighted by Crippen LogP contribution is 2.22. The topological polar surface area (TPSA) is 26.0 Å². The van der Waals surface area contributed by atoms with Crippen LogP contribution in [0.2, 0.25) is 10.0 Å². The number of rotatable bonds is 5. The fraction of sp³-hybridized carbons (Fsp3) is 0.200. The van der Waals surface area contributed by atoms with Crippen LogP contribution in [0.1, 0.15) is 5.56 Å². The first-order valence-electron chi connectivity index (χ1n) is 6.02. The summed E-state index contributed by atoms with van der Waals surface area (Å²) in [6.07, 6.45) is 0.792. The van der Waals surface area contributed by atoms with Gasteiger partial charge in [0.1, 0.15) is 0 Å². The van der Waals surface area contributed by atoms with Crippen LogP contribution in [0.25, 0.3) is 0 Å². The lowest BCUT2D eigenvalue weighted by Crippen LogP contribution is -2.25. The van der Waals surface area contributed by atoms with Gasteiger partial charge in [-0.05, 0) is 42.3 Å². The van der Waals surface area contributed by atoms with E-state index >= 15 is 0 Å². The Balaban J connectivity index is 1.86. The third-order valence-corrected chi connectivity index (χ3v) is 4.54. The van der Waals surface area contributed by atoms with Gasteiger partial charge in [-0.3, -0.25) is 0 Å². The largest absolute Gasteiger partial charge is 0.327 e. The lowest BCUT2D eigenvalue weighted by molar-refractivity contribution is 0.749. The molecule has 100 valence electrons. The third kappa shape index (κ3) is 4.73. The van der Waals surface area contributed by atoms with Gasteiger partial charge in [-0.2, -0.15) is 0 Å². The molecule has 19 heavy (non-hydrogen) atoms. The normalized spacial score (nSPS) is 12.4. The minimum atomic E-state index is 0.0839. The van der Waals surface area contributed by atoms with Gasteiger partial charge < -0.3 is 5.73 Å². The molecule has 1 unspecified atom stereocenters. The Morgan fingerprint density at radius 1 is 1.00 bits per heavy atom. The summed E-state index contributed by atoms with van der Waals surface area (Å²) in [7, 11) is 0. The van der Waals surface area contributed by atoms with Crippen LogP contribution in [0.4, 0.5) is 0 Å². The maximum absolute atomic E-state index is 6.15. The summed E-state index contributed by atoms with van der Waals surface area (Å²) >= 11 is 13.7. The summed E-state index contributed by atoms with van der Waals surface area (Å²) < 4.78 is 0. The van der Waals surface area contributed by atoms with Crippen molar-refractivity contribution in [2.75, 3.05) is 5.75 Å². The smallest absolute Gasteiger partial charge is 0.0438 e. The molecule has 0 aliphatic heterocycles. The van der Waals surface area contributed by atoms with Gasteiger partial charge in [0, 0.05) is 26.7 Å². The molecule has 0 bridgehead atoms. The molecule has 0 amide bonds. The molecular weight excluding hydrogens is 297 g/mol. The third-order valence-electron chi connectivity index (χ3n) is 2.72. The molecule has 0 fully saturated rings. The summed E-state index contributed by atoms with van der Waals surface area (Å²) in [5.74, 6) is 0.854. The second kappa shape index (κ2) is 7.20. The Morgan fingerprint density at radius 2 is 1.68 bits per heavy atom. The van der Waals surface area contributed by atoms with Crippen LogP contribution in [0.3, 0.4) is 0 Å². The zero-order chi connectivity index (χ0) is 13.7. The van der Waals surface area contributed by atoms with Crippen molar-refractivity contribution in [1.82, 2.24) is 0 Å². The van der Waals surface area contributed by atoms with E-state index in [1.54, 1.807) is 11.8 Å². The molecule has 1 nitrogen and oxygen atoms in total. The van der Waals surface area contributed by atoms with Gasteiger partial charge in [0.2, 0.25) is 0 Å². The van der Waals surface area contributed by atoms with Gasteiger partial charge in [0.25, 0.3) is 0 Å². The Morgan fingerprint density at radius 3 is 2.37 bits per heavy atom. The van der Waals surface area contributed by atoms with Crippen LogP contribution in [0.15, 0.2) is 53.4 Å². The Labute approximate surface area is 128 Å². The molecule has 0 spiro atoms. The summed E-state index contributed by atoms with van der Waals surface area (Å²) in [6, 6.07) is 15.7. The monoisotopic (exact) mass is 311 g/mol. The van der Waals surface area contributed by atoms with Crippen molar-refractivity contribution in [1.29, 1.82) is 0 Å². The second-order valence-corrected chi connectivity index (χ2v) is 6.26. The highest BCUT2D eigenvalue weighted by atomic mass is 35.5. The molecule has 4 heteroatoms. The molecule has 1 atom stereocenters. The van der Waals surface area contributed by atoms with E-state index in [1.807, 2.05) is 48.5 Å². The predicted octanol–water partition coefficient (Wildman–Crippen LogP) is 4.66. The van der Waals surface area contributed by atoms with Crippen LogP contribution in [-0.4, -0.2) is 11.8 Å². The summed E-state index contributed by atoms with van der Waals surface area (Å²) in [5.41, 5.74) is 7.25. The van der Waals surface area contributed by atoms with Gasteiger partial charge in [0.15, 0.2) is 0 Å². The molecule has 2 N–H and O–H groups in total. The molecule has 0 radical (unpaired) electrons. The number of hydrogen-bond donors (Lipinski definition) is 1. The van der Waals surface area contributed by atoms with Crippen LogP contribution >= 0.6 is 35.0 Å². The molecular formula is C15H15Cl2NS. The van der Waals surface area contributed by atoms with Crippen LogP contribution < -0.4 is 5.73 Å². The summed E-state index contributed by atoms with van der Waals surface area (Å²) in [4.78, 5) is 1.18. The van der Waals surface area contributed by atoms with Crippen molar-refractivity contribution < 1.29 is 0 Å². The average molecular weight is 312 g/mol. The molecule has 0 heterocycles. The van der Waals surface area contributed by atoms with Crippen molar-refractivity contribution in [3.05, 3.63) is 64.1 Å². The molecule has 0 aliphatic rings. The number of hydrogen-bond acceptors (Lipinski definition) is 2. The van der Waals surface area contributed by atoms with E-state index in [2.05, 4.69) is 0 Å². The number of thioether (sulfide) groups is 1. The van der Waals surface area contributed by atoms with E-state index in [4.69, 9.17) is 28.9 Å². The highest BCUT2D eigenvalue weighted by Gasteiger charge is 2.07. The van der Waals surface area contributed by atoms with E-state index in [0.717, 1.165) is 27.8 Å². The first-order valence-corrected chi connectivity index (χ1v) is 7.76. The van der Waals surface area contributed by atoms with Gasteiger partial charge >= 0.3 is 0 Å². The number of nitrogens with two attached hydrogens (primary N) is 1. The van der Waals surface area contributed by atoms with Gasteiger partial charge in [-0.25, -0.2) is 0 Å². The molecule has 2 aromatic rings. The average Bonchev–Trinajstić information content (AvgIpc) is 2.41. The fourth-order valence-electron chi connectivity index (χ4n) is 1.74. The van der Waals surface area contributed by atoms with Crippen molar-refractivity contribution >= 4 is 35.0 Å². The summed E-state index contributed by atoms with van der Waals surface area (Å²) in [5, 5.41) is 1.54. The maximum Gasteiger partial charge on any atom is 0.0438 e. The molecule has 2 rings (SSSR count). The van der Waals surface area contributed by atoms with E-state index in [9.17, 15) is 0 Å². The van der Waals surface area contributed by atoms with Crippen molar-refractivity contribution in [3.8, 4) is 0 Å². The lowest BCUT2D eigenvalue weighted by atomic mass is 10.1. The standard InChI is InChI=1S/C15H15Cl2NS/c16-12-5-7-14(8-6-12)19-10-13(18)9-11-3-1-2-4-15(11)17/h1-8,13H,9-10,18H2. The Bertz CT molecular complexity index is 528. The van der Waals surface area contributed by atoms with Gasteiger partial charge in [-0.15, -0.1) is 11.8 Å². The minimum absolute atomic E-state index is 0.0839. The zero-order valence-corrected chi connectivity index (χ0v) is 12.7. The fourth-order valence-corrected chi connectivity index (χ4v) is 2.93. The van der Waals surface area contributed by atoms with Gasteiger partial charge in [0.05, 0.1) is 0 Å². The molecule has 0 aromatic heterocycles. The zero-order valence-electron chi connectivity index (χ0n) is 10.4. The van der Waals surface area contributed by atoms with Crippen LogP contribution in [-0.2, 0) is 6.42 Å². The Hall–Kier alpha value is -0.670. The van der Waals surface area contributed by atoms with Crippen LogP contribution in [0, 0.1) is 0 Å². The molecule has 0 saturated heterocycles. The number of benzene rings is 2. The molecule has 2 aromatic carbocycles. The first kappa shape index (κ1) is 14.7. The quantitative estimate of drug-likeness (QED) is 0.813. The van der Waals surface area contributed by atoms with E-state index in [-0.39, 0.29) is 6.04 Å². The van der Waals surface area contributed by atoms with Crippen LogP contribution in [0.5, 0.6) is 0 Å². The lowest BCUT2D eigenvalue weighted by Gasteiger charge is -2.12. The minimum Gasteiger partial charge on any atom is -0.327 e. The summed E-state index contributed by atoms with van der Waals surface area (Å²) in [6.45, 7) is 0. The van der Waals surface area contributed by atoms with E-state index in [0.29, 0.717) is 0 Å². The van der Waals surface area contributed by atoms with Crippen molar-refractivity contribution in [3.63, 3.8) is 0 Å². The first-order chi connectivity index (χ1) is 9.15. The predicted molar refractivity (Wildman–Crippen MR) is 85.3 cm³/mol. The SMILES string of the molecule is NC(CSc1ccc(Cl)cc1)Cc1ccccc1Cl. The van der Waals surface area contributed by atoms with Crippen molar-refractivity contribution in [2.45, 2.75) is 17.4 Å². The molecule has 0 aliphatic carbocycles. The maximum atomic E-state index is 6.15. The second-order valence-electron chi connectivity index (χ2n) is 4.32. The van der Waals surface area contributed by atoms with Crippen molar-refractivity contribution in [2.24, 2.45) is 5.73 Å².